The molecule has 3 N–H and O–H groups in total. The van der Waals surface area contributed by atoms with Crippen molar-refractivity contribution in [2.45, 2.75) is 13.0 Å². The number of hydrazine groups is 1. The van der Waals surface area contributed by atoms with Gasteiger partial charge in [-0.25, -0.2) is 5.84 Å². The number of nitrogens with zero attached hydrogens (tertiary/aromatic N) is 2. The molecular weight excluding hydrogens is 260 g/mol. The maximum Gasteiger partial charge on any atom is 0.275 e. The Morgan fingerprint density at radius 2 is 2.47 bits per heavy atom. The summed E-state index contributed by atoms with van der Waals surface area (Å²) in [6, 6.07) is 2.01. The Hall–Kier alpha value is -0.950. The van der Waals surface area contributed by atoms with Gasteiger partial charge in [0.25, 0.3) is 5.91 Å². The van der Waals surface area contributed by atoms with Gasteiger partial charge >= 0.3 is 0 Å². The predicted molar refractivity (Wildman–Crippen MR) is 77.9 cm³/mol. The minimum atomic E-state index is -0.195. The Morgan fingerprint density at radius 1 is 1.68 bits per heavy atom. The van der Waals surface area contributed by atoms with E-state index in [1.165, 1.54) is 30.8 Å². The average Bonchev–Trinajstić information content (AvgIpc) is 2.97. The van der Waals surface area contributed by atoms with Crippen LogP contribution in [0.25, 0.3) is 0 Å². The molecule has 1 fully saturated rings. The van der Waals surface area contributed by atoms with E-state index in [2.05, 4.69) is 29.3 Å². The SMILES string of the molecule is CN1CCC(CN(C)Cc2ccsc2C(=O)NN)C1. The van der Waals surface area contributed by atoms with Gasteiger partial charge in [0.15, 0.2) is 0 Å². The normalized spacial score (nSPS) is 20.1. The molecule has 0 bridgehead atoms. The molecule has 106 valence electrons. The van der Waals surface area contributed by atoms with E-state index < -0.39 is 0 Å². The molecular formula is C13H22N4OS. The number of likely N-dealkylation sites (tertiary alicyclic amines) is 1. The molecule has 0 radical (unpaired) electrons. The van der Waals surface area contributed by atoms with Gasteiger partial charge in [0.05, 0.1) is 4.88 Å². The van der Waals surface area contributed by atoms with E-state index in [1.54, 1.807) is 0 Å². The first-order valence-electron chi connectivity index (χ1n) is 6.54. The molecule has 1 aliphatic heterocycles. The van der Waals surface area contributed by atoms with Gasteiger partial charge in [-0.2, -0.15) is 0 Å². The Kier molecular flexibility index (Phi) is 4.93. The first-order chi connectivity index (χ1) is 9.10. The molecule has 6 heteroatoms. The first kappa shape index (κ1) is 14.5. The Morgan fingerprint density at radius 3 is 3.11 bits per heavy atom. The third-order valence-electron chi connectivity index (χ3n) is 3.58. The Balaban J connectivity index is 1.90. The van der Waals surface area contributed by atoms with Crippen molar-refractivity contribution >= 4 is 17.2 Å². The number of thiophene rings is 1. The number of hydrogen-bond acceptors (Lipinski definition) is 5. The zero-order valence-corrected chi connectivity index (χ0v) is 12.4. The van der Waals surface area contributed by atoms with Crippen LogP contribution in [0.4, 0.5) is 0 Å². The highest BCUT2D eigenvalue weighted by Gasteiger charge is 2.21. The minimum Gasteiger partial charge on any atom is -0.306 e. The molecule has 0 spiro atoms. The molecule has 1 aromatic heterocycles. The van der Waals surface area contributed by atoms with Crippen molar-refractivity contribution in [3.05, 3.63) is 21.9 Å². The fraction of sp³-hybridized carbons (Fsp3) is 0.615. The number of amides is 1. The second kappa shape index (κ2) is 6.47. The van der Waals surface area contributed by atoms with E-state index in [4.69, 9.17) is 5.84 Å². The lowest BCUT2D eigenvalue weighted by molar-refractivity contribution is 0.0956. The van der Waals surface area contributed by atoms with Crippen LogP contribution < -0.4 is 11.3 Å². The van der Waals surface area contributed by atoms with E-state index in [1.807, 2.05) is 11.4 Å². The van der Waals surface area contributed by atoms with Crippen molar-refractivity contribution in [3.63, 3.8) is 0 Å². The van der Waals surface area contributed by atoms with Crippen LogP contribution in [0, 0.1) is 5.92 Å². The van der Waals surface area contributed by atoms with Crippen LogP contribution in [-0.4, -0.2) is 49.4 Å². The van der Waals surface area contributed by atoms with Crippen molar-refractivity contribution in [1.29, 1.82) is 0 Å². The van der Waals surface area contributed by atoms with Crippen molar-refractivity contribution < 1.29 is 4.79 Å². The molecule has 2 rings (SSSR count). The van der Waals surface area contributed by atoms with Crippen molar-refractivity contribution in [3.8, 4) is 0 Å². The van der Waals surface area contributed by atoms with E-state index in [0.29, 0.717) is 0 Å². The third-order valence-corrected chi connectivity index (χ3v) is 4.54. The minimum absolute atomic E-state index is 0.195. The lowest BCUT2D eigenvalue weighted by atomic mass is 10.1. The van der Waals surface area contributed by atoms with Crippen LogP contribution in [0.2, 0.25) is 0 Å². The number of rotatable bonds is 5. The molecule has 5 nitrogen and oxygen atoms in total. The average molecular weight is 282 g/mol. The lowest BCUT2D eigenvalue weighted by Gasteiger charge is -2.21. The molecule has 0 aromatic carbocycles. The summed E-state index contributed by atoms with van der Waals surface area (Å²) in [5, 5.41) is 1.94. The summed E-state index contributed by atoms with van der Waals surface area (Å²) >= 11 is 1.44. The Labute approximate surface area is 118 Å². The summed E-state index contributed by atoms with van der Waals surface area (Å²) in [7, 11) is 4.28. The van der Waals surface area contributed by atoms with Gasteiger partial charge in [0.1, 0.15) is 0 Å². The second-order valence-electron chi connectivity index (χ2n) is 5.36. The van der Waals surface area contributed by atoms with Crippen LogP contribution in [0.15, 0.2) is 11.4 Å². The third kappa shape index (κ3) is 3.76. The van der Waals surface area contributed by atoms with Crippen LogP contribution in [0.5, 0.6) is 0 Å². The smallest absolute Gasteiger partial charge is 0.275 e. The molecule has 1 amide bonds. The van der Waals surface area contributed by atoms with Crippen molar-refractivity contribution in [2.24, 2.45) is 11.8 Å². The van der Waals surface area contributed by atoms with Gasteiger partial charge in [-0.3, -0.25) is 10.2 Å². The predicted octanol–water partition coefficient (Wildman–Crippen LogP) is 0.735. The maximum atomic E-state index is 11.6. The summed E-state index contributed by atoms with van der Waals surface area (Å²) in [5.74, 6) is 5.74. The highest BCUT2D eigenvalue weighted by Crippen LogP contribution is 2.20. The summed E-state index contributed by atoms with van der Waals surface area (Å²) < 4.78 is 0. The molecule has 1 aliphatic rings. The fourth-order valence-electron chi connectivity index (χ4n) is 2.70. The first-order valence-corrected chi connectivity index (χ1v) is 7.42. The lowest BCUT2D eigenvalue weighted by Crippen LogP contribution is -2.31. The molecule has 19 heavy (non-hydrogen) atoms. The van der Waals surface area contributed by atoms with Crippen LogP contribution in [-0.2, 0) is 6.54 Å². The number of carbonyl (C=O) groups is 1. The van der Waals surface area contributed by atoms with E-state index in [9.17, 15) is 4.79 Å². The molecule has 1 unspecified atom stereocenters. The number of carbonyl (C=O) groups excluding carboxylic acids is 1. The second-order valence-corrected chi connectivity index (χ2v) is 6.28. The number of nitrogen functional groups attached to an aromatic ring is 1. The summed E-state index contributed by atoms with van der Waals surface area (Å²) in [6.07, 6.45) is 1.26. The van der Waals surface area contributed by atoms with E-state index in [0.717, 1.165) is 29.4 Å². The molecule has 1 saturated heterocycles. The standard InChI is InChI=1S/C13H22N4OS/c1-16-5-3-10(7-16)8-17(2)9-11-4-6-19-12(11)13(18)15-14/h4,6,10H,3,5,7-9,14H2,1-2H3,(H,15,18). The Bertz CT molecular complexity index is 434. The largest absolute Gasteiger partial charge is 0.306 e. The molecule has 2 heterocycles. The molecule has 0 aliphatic carbocycles. The van der Waals surface area contributed by atoms with Crippen LogP contribution in [0.3, 0.4) is 0 Å². The molecule has 1 atom stereocenters. The number of nitrogens with two attached hydrogens (primary N) is 1. The van der Waals surface area contributed by atoms with Gasteiger partial charge in [0.2, 0.25) is 0 Å². The number of hydrogen-bond donors (Lipinski definition) is 2. The van der Waals surface area contributed by atoms with Crippen molar-refractivity contribution in [2.75, 3.05) is 33.7 Å². The molecule has 1 aromatic rings. The summed E-state index contributed by atoms with van der Waals surface area (Å²) in [6.45, 7) is 4.23. The monoisotopic (exact) mass is 282 g/mol. The van der Waals surface area contributed by atoms with Gasteiger partial charge in [-0.15, -0.1) is 11.3 Å². The summed E-state index contributed by atoms with van der Waals surface area (Å²) in [5.41, 5.74) is 3.26. The quantitative estimate of drug-likeness (QED) is 0.475. The van der Waals surface area contributed by atoms with E-state index >= 15 is 0 Å². The fourth-order valence-corrected chi connectivity index (χ4v) is 3.51. The zero-order chi connectivity index (χ0) is 13.8. The number of nitrogens with one attached hydrogen (secondary N) is 1. The van der Waals surface area contributed by atoms with Crippen LogP contribution >= 0.6 is 11.3 Å². The molecule has 0 saturated carbocycles. The van der Waals surface area contributed by atoms with Crippen LogP contribution in [0.1, 0.15) is 21.7 Å². The topological polar surface area (TPSA) is 61.6 Å². The van der Waals surface area contributed by atoms with Gasteiger partial charge in [-0.05, 0) is 50.0 Å². The highest BCUT2D eigenvalue weighted by molar-refractivity contribution is 7.12. The van der Waals surface area contributed by atoms with Gasteiger partial charge in [-0.1, -0.05) is 0 Å². The maximum absolute atomic E-state index is 11.6. The summed E-state index contributed by atoms with van der Waals surface area (Å²) in [4.78, 5) is 17.0. The van der Waals surface area contributed by atoms with Gasteiger partial charge < -0.3 is 9.80 Å². The highest BCUT2D eigenvalue weighted by atomic mass is 32.1. The van der Waals surface area contributed by atoms with Gasteiger partial charge in [0, 0.05) is 19.6 Å². The zero-order valence-electron chi connectivity index (χ0n) is 11.6. The van der Waals surface area contributed by atoms with Crippen molar-refractivity contribution in [1.82, 2.24) is 15.2 Å². The van der Waals surface area contributed by atoms with E-state index in [-0.39, 0.29) is 5.91 Å².